The lowest BCUT2D eigenvalue weighted by Crippen LogP contribution is -2.52. The molecule has 1 saturated heterocycles. The van der Waals surface area contributed by atoms with Crippen molar-refractivity contribution in [2.24, 2.45) is 0 Å². The molecule has 1 atom stereocenters. The molecule has 0 bridgehead atoms. The molecular formula is C20H26N2O3S. The van der Waals surface area contributed by atoms with E-state index in [-0.39, 0.29) is 6.61 Å². The molecule has 26 heavy (non-hydrogen) atoms. The monoisotopic (exact) mass is 374 g/mol. The molecule has 0 aliphatic carbocycles. The van der Waals surface area contributed by atoms with Crippen LogP contribution in [0.1, 0.15) is 17.5 Å². The lowest BCUT2D eigenvalue weighted by molar-refractivity contribution is 0.0500. The molecule has 140 valence electrons. The predicted octanol–water partition coefficient (Wildman–Crippen LogP) is 2.59. The SMILES string of the molecule is OCCC1CN(Cc2ccc3c(c2)OCCO3)CCN1Cc1ccsc1. The van der Waals surface area contributed by atoms with Gasteiger partial charge in [-0.25, -0.2) is 0 Å². The molecule has 0 spiro atoms. The smallest absolute Gasteiger partial charge is 0.161 e. The summed E-state index contributed by atoms with van der Waals surface area (Å²) in [6.45, 7) is 6.43. The molecular weight excluding hydrogens is 348 g/mol. The molecule has 1 N–H and O–H groups in total. The maximum atomic E-state index is 9.50. The van der Waals surface area contributed by atoms with E-state index in [1.54, 1.807) is 11.3 Å². The Balaban J connectivity index is 1.39. The molecule has 5 nitrogen and oxygen atoms in total. The van der Waals surface area contributed by atoms with Crippen molar-refractivity contribution in [3.63, 3.8) is 0 Å². The third-order valence-corrected chi connectivity index (χ3v) is 5.86. The number of rotatable bonds is 6. The van der Waals surface area contributed by atoms with Crippen LogP contribution in [0, 0.1) is 0 Å². The van der Waals surface area contributed by atoms with Gasteiger partial charge < -0.3 is 14.6 Å². The molecule has 2 aliphatic heterocycles. The molecule has 6 heteroatoms. The Hall–Kier alpha value is -1.60. The van der Waals surface area contributed by atoms with Gasteiger partial charge >= 0.3 is 0 Å². The highest BCUT2D eigenvalue weighted by atomic mass is 32.1. The van der Waals surface area contributed by atoms with Crippen LogP contribution in [-0.2, 0) is 13.1 Å². The molecule has 0 saturated carbocycles. The molecule has 1 unspecified atom stereocenters. The number of fused-ring (bicyclic) bond motifs is 1. The molecule has 1 aromatic heterocycles. The van der Waals surface area contributed by atoms with E-state index in [0.717, 1.165) is 50.6 Å². The van der Waals surface area contributed by atoms with Gasteiger partial charge in [-0.2, -0.15) is 11.3 Å². The highest BCUT2D eigenvalue weighted by molar-refractivity contribution is 7.07. The second-order valence-electron chi connectivity index (χ2n) is 6.98. The minimum absolute atomic E-state index is 0.239. The molecule has 0 amide bonds. The van der Waals surface area contributed by atoms with Gasteiger partial charge in [0.05, 0.1) is 0 Å². The van der Waals surface area contributed by atoms with Gasteiger partial charge in [-0.05, 0) is 46.5 Å². The van der Waals surface area contributed by atoms with E-state index in [2.05, 4.69) is 38.8 Å². The van der Waals surface area contributed by atoms with Crippen LogP contribution >= 0.6 is 11.3 Å². The summed E-state index contributed by atoms with van der Waals surface area (Å²) < 4.78 is 11.3. The number of benzene rings is 1. The number of ether oxygens (including phenoxy) is 2. The lowest BCUT2D eigenvalue weighted by atomic mass is 10.1. The summed E-state index contributed by atoms with van der Waals surface area (Å²) in [5, 5.41) is 13.9. The largest absolute Gasteiger partial charge is 0.486 e. The van der Waals surface area contributed by atoms with E-state index < -0.39 is 0 Å². The normalized spacial score (nSPS) is 21.0. The molecule has 0 radical (unpaired) electrons. The highest BCUT2D eigenvalue weighted by Gasteiger charge is 2.27. The first kappa shape index (κ1) is 17.8. The Bertz CT molecular complexity index is 707. The average Bonchev–Trinajstić information content (AvgIpc) is 3.17. The fourth-order valence-electron chi connectivity index (χ4n) is 3.79. The number of hydrogen-bond acceptors (Lipinski definition) is 6. The molecule has 2 aliphatic rings. The van der Waals surface area contributed by atoms with Crippen molar-refractivity contribution in [3.8, 4) is 11.5 Å². The van der Waals surface area contributed by atoms with Crippen LogP contribution in [0.15, 0.2) is 35.0 Å². The van der Waals surface area contributed by atoms with Gasteiger partial charge in [-0.3, -0.25) is 9.80 Å². The van der Waals surface area contributed by atoms with Gasteiger partial charge in [0.15, 0.2) is 11.5 Å². The lowest BCUT2D eigenvalue weighted by Gasteiger charge is -2.41. The third-order valence-electron chi connectivity index (χ3n) is 5.13. The quantitative estimate of drug-likeness (QED) is 0.842. The zero-order chi connectivity index (χ0) is 17.8. The molecule has 4 rings (SSSR count). The van der Waals surface area contributed by atoms with Crippen LogP contribution in [-0.4, -0.2) is 60.4 Å². The van der Waals surface area contributed by atoms with Gasteiger partial charge in [-0.15, -0.1) is 0 Å². The average molecular weight is 375 g/mol. The standard InChI is InChI=1S/C20H26N2O3S/c23-7-3-18-14-21(5-6-22(18)13-17-4-10-26-15-17)12-16-1-2-19-20(11-16)25-9-8-24-19/h1-2,4,10-11,15,18,23H,3,5-9,12-14H2. The third kappa shape index (κ3) is 4.20. The topological polar surface area (TPSA) is 45.2 Å². The van der Waals surface area contributed by atoms with Crippen molar-refractivity contribution in [2.75, 3.05) is 39.5 Å². The minimum Gasteiger partial charge on any atom is -0.486 e. The van der Waals surface area contributed by atoms with E-state index in [9.17, 15) is 5.11 Å². The number of aliphatic hydroxyl groups excluding tert-OH is 1. The summed E-state index contributed by atoms with van der Waals surface area (Å²) in [7, 11) is 0. The zero-order valence-corrected chi connectivity index (χ0v) is 15.8. The number of aliphatic hydroxyl groups is 1. The summed E-state index contributed by atoms with van der Waals surface area (Å²) in [4.78, 5) is 4.99. The highest BCUT2D eigenvalue weighted by Crippen LogP contribution is 2.31. The van der Waals surface area contributed by atoms with Crippen molar-refractivity contribution in [1.82, 2.24) is 9.80 Å². The number of piperazine rings is 1. The van der Waals surface area contributed by atoms with Crippen molar-refractivity contribution < 1.29 is 14.6 Å². The summed E-state index contributed by atoms with van der Waals surface area (Å²) in [6, 6.07) is 8.84. The van der Waals surface area contributed by atoms with Crippen molar-refractivity contribution in [1.29, 1.82) is 0 Å². The Morgan fingerprint density at radius 1 is 1.04 bits per heavy atom. The second kappa shape index (κ2) is 8.39. The molecule has 2 aromatic rings. The van der Waals surface area contributed by atoms with Crippen molar-refractivity contribution >= 4 is 11.3 Å². The van der Waals surface area contributed by atoms with Gasteiger partial charge in [0, 0.05) is 45.4 Å². The maximum absolute atomic E-state index is 9.50. The summed E-state index contributed by atoms with van der Waals surface area (Å²) in [6.07, 6.45) is 0.821. The van der Waals surface area contributed by atoms with Crippen molar-refractivity contribution in [3.05, 3.63) is 46.2 Å². The van der Waals surface area contributed by atoms with Crippen molar-refractivity contribution in [2.45, 2.75) is 25.6 Å². The first-order valence-corrected chi connectivity index (χ1v) is 10.2. The Morgan fingerprint density at radius 3 is 2.73 bits per heavy atom. The number of thiophene rings is 1. The van der Waals surface area contributed by atoms with E-state index in [1.165, 1.54) is 11.1 Å². The van der Waals surface area contributed by atoms with E-state index in [1.807, 2.05) is 6.07 Å². The summed E-state index contributed by atoms with van der Waals surface area (Å²) in [5.74, 6) is 1.70. The first-order chi connectivity index (χ1) is 12.8. The molecule has 1 aromatic carbocycles. The maximum Gasteiger partial charge on any atom is 0.161 e. The van der Waals surface area contributed by atoms with E-state index in [0.29, 0.717) is 19.3 Å². The van der Waals surface area contributed by atoms with Gasteiger partial charge in [0.25, 0.3) is 0 Å². The second-order valence-corrected chi connectivity index (χ2v) is 7.76. The van der Waals surface area contributed by atoms with Crippen LogP contribution in [0.25, 0.3) is 0 Å². The minimum atomic E-state index is 0.239. The Kier molecular flexibility index (Phi) is 5.75. The van der Waals surface area contributed by atoms with Crippen LogP contribution in [0.2, 0.25) is 0 Å². The number of nitrogens with zero attached hydrogens (tertiary/aromatic N) is 2. The summed E-state index contributed by atoms with van der Waals surface area (Å²) >= 11 is 1.75. The van der Waals surface area contributed by atoms with E-state index in [4.69, 9.17) is 9.47 Å². The predicted molar refractivity (Wildman–Crippen MR) is 103 cm³/mol. The van der Waals surface area contributed by atoms with Gasteiger partial charge in [0.2, 0.25) is 0 Å². The van der Waals surface area contributed by atoms with Crippen LogP contribution in [0.3, 0.4) is 0 Å². The van der Waals surface area contributed by atoms with Gasteiger partial charge in [-0.1, -0.05) is 6.07 Å². The van der Waals surface area contributed by atoms with E-state index >= 15 is 0 Å². The fraction of sp³-hybridized carbons (Fsp3) is 0.500. The Labute approximate surface area is 158 Å². The Morgan fingerprint density at radius 2 is 1.92 bits per heavy atom. The van der Waals surface area contributed by atoms with Crippen LogP contribution in [0.4, 0.5) is 0 Å². The zero-order valence-electron chi connectivity index (χ0n) is 15.0. The fourth-order valence-corrected chi connectivity index (χ4v) is 4.45. The molecule has 3 heterocycles. The van der Waals surface area contributed by atoms with Crippen LogP contribution < -0.4 is 9.47 Å². The molecule has 1 fully saturated rings. The summed E-state index contributed by atoms with van der Waals surface area (Å²) in [5.41, 5.74) is 2.63. The number of hydrogen-bond donors (Lipinski definition) is 1. The van der Waals surface area contributed by atoms with Crippen LogP contribution in [0.5, 0.6) is 11.5 Å². The van der Waals surface area contributed by atoms with Gasteiger partial charge in [0.1, 0.15) is 13.2 Å². The first-order valence-electron chi connectivity index (χ1n) is 9.28.